The molecule has 0 spiro atoms. The quantitative estimate of drug-likeness (QED) is 0.809. The van der Waals surface area contributed by atoms with Crippen molar-refractivity contribution < 1.29 is 0 Å². The van der Waals surface area contributed by atoms with Crippen molar-refractivity contribution in [2.45, 2.75) is 45.4 Å². The van der Waals surface area contributed by atoms with Crippen molar-refractivity contribution in [3.8, 4) is 0 Å². The lowest BCUT2D eigenvalue weighted by atomic mass is 9.78. The van der Waals surface area contributed by atoms with E-state index >= 15 is 0 Å². The molecular weight excluding hydrogens is 254 g/mol. The Balaban J connectivity index is 2.37. The number of aryl methyl sites for hydroxylation is 1. The predicted molar refractivity (Wildman–Crippen MR) is 91.8 cm³/mol. The van der Waals surface area contributed by atoms with Crippen LogP contribution < -0.4 is 5.73 Å². The molecule has 2 aromatic rings. The molecule has 0 heterocycles. The van der Waals surface area contributed by atoms with E-state index in [-0.39, 0.29) is 0 Å². The molecule has 2 N–H and O–H groups in total. The van der Waals surface area contributed by atoms with E-state index in [2.05, 4.69) is 69.3 Å². The maximum atomic E-state index is 5.88. The van der Waals surface area contributed by atoms with Crippen molar-refractivity contribution in [1.82, 2.24) is 0 Å². The van der Waals surface area contributed by atoms with Gasteiger partial charge in [0, 0.05) is 0 Å². The van der Waals surface area contributed by atoms with Crippen LogP contribution in [0.1, 0.15) is 54.4 Å². The molecule has 2 unspecified atom stereocenters. The Bertz CT molecular complexity index is 559. The van der Waals surface area contributed by atoms with Crippen molar-refractivity contribution in [3.63, 3.8) is 0 Å². The van der Waals surface area contributed by atoms with E-state index in [1.165, 1.54) is 22.3 Å². The molecule has 0 aliphatic carbocycles. The molecule has 0 aromatic heterocycles. The molecule has 0 amide bonds. The van der Waals surface area contributed by atoms with Gasteiger partial charge in [0.05, 0.1) is 0 Å². The first kappa shape index (κ1) is 15.8. The minimum atomic E-state index is 0.488. The minimum Gasteiger partial charge on any atom is -0.330 e. The largest absolute Gasteiger partial charge is 0.330 e. The van der Waals surface area contributed by atoms with Crippen LogP contribution in [0.25, 0.3) is 0 Å². The topological polar surface area (TPSA) is 26.0 Å². The number of nitrogens with two attached hydrogens (primary N) is 1. The van der Waals surface area contributed by atoms with E-state index in [0.717, 1.165) is 19.4 Å². The van der Waals surface area contributed by atoms with Crippen LogP contribution in [-0.4, -0.2) is 6.54 Å². The summed E-state index contributed by atoms with van der Waals surface area (Å²) >= 11 is 0. The first-order chi connectivity index (χ1) is 10.2. The van der Waals surface area contributed by atoms with Crippen molar-refractivity contribution in [3.05, 3.63) is 70.8 Å². The molecule has 0 saturated heterocycles. The van der Waals surface area contributed by atoms with E-state index in [0.29, 0.717) is 11.8 Å². The predicted octanol–water partition coefficient (Wildman–Crippen LogP) is 4.79. The second-order valence-electron chi connectivity index (χ2n) is 5.87. The zero-order valence-electron chi connectivity index (χ0n) is 13.5. The van der Waals surface area contributed by atoms with Crippen molar-refractivity contribution >= 4 is 0 Å². The van der Waals surface area contributed by atoms with Gasteiger partial charge in [-0.15, -0.1) is 0 Å². The van der Waals surface area contributed by atoms with Crippen LogP contribution in [0, 0.1) is 6.92 Å². The molecule has 2 aromatic carbocycles. The molecule has 0 bridgehead atoms. The molecule has 0 fully saturated rings. The van der Waals surface area contributed by atoms with Gasteiger partial charge < -0.3 is 5.73 Å². The van der Waals surface area contributed by atoms with Gasteiger partial charge >= 0.3 is 0 Å². The highest BCUT2D eigenvalue weighted by Gasteiger charge is 2.21. The molecule has 2 rings (SSSR count). The van der Waals surface area contributed by atoms with Gasteiger partial charge in [0.2, 0.25) is 0 Å². The Hall–Kier alpha value is -1.60. The normalized spacial score (nSPS) is 13.9. The summed E-state index contributed by atoms with van der Waals surface area (Å²) in [5.41, 5.74) is 11.7. The van der Waals surface area contributed by atoms with Gasteiger partial charge in [0.15, 0.2) is 0 Å². The molecule has 2 atom stereocenters. The van der Waals surface area contributed by atoms with Gasteiger partial charge in [-0.05, 0) is 60.4 Å². The molecule has 0 aliphatic rings. The third-order valence-electron chi connectivity index (χ3n) is 4.67. The Morgan fingerprint density at radius 1 is 1.00 bits per heavy atom. The highest BCUT2D eigenvalue weighted by atomic mass is 14.5. The van der Waals surface area contributed by atoms with Crippen LogP contribution in [0.5, 0.6) is 0 Å². The maximum absolute atomic E-state index is 5.88. The van der Waals surface area contributed by atoms with Gasteiger partial charge in [-0.25, -0.2) is 0 Å². The summed E-state index contributed by atoms with van der Waals surface area (Å²) in [5, 5.41) is 0. The van der Waals surface area contributed by atoms with E-state index in [1.54, 1.807) is 0 Å². The second-order valence-corrected chi connectivity index (χ2v) is 5.87. The van der Waals surface area contributed by atoms with Crippen LogP contribution in [0.2, 0.25) is 0 Å². The number of rotatable bonds is 6. The van der Waals surface area contributed by atoms with Crippen LogP contribution in [-0.2, 0) is 6.42 Å². The Kier molecular flexibility index (Phi) is 5.58. The molecule has 0 aliphatic heterocycles. The summed E-state index contributed by atoms with van der Waals surface area (Å²) in [6, 6.07) is 17.5. The molecule has 1 heteroatoms. The standard InChI is InChI=1S/C20H27N/c1-4-17-11-8-12-19(15(17)2)16(3)20(13-14-21)18-9-6-5-7-10-18/h5-12,16,20H,4,13-14,21H2,1-3H3. The van der Waals surface area contributed by atoms with E-state index in [4.69, 9.17) is 5.73 Å². The highest BCUT2D eigenvalue weighted by molar-refractivity contribution is 5.38. The van der Waals surface area contributed by atoms with E-state index < -0.39 is 0 Å². The van der Waals surface area contributed by atoms with Gasteiger partial charge in [-0.1, -0.05) is 62.4 Å². The Labute approximate surface area is 129 Å². The maximum Gasteiger partial charge on any atom is -0.00712 e. The molecule has 0 saturated carbocycles. The van der Waals surface area contributed by atoms with Gasteiger partial charge in [0.25, 0.3) is 0 Å². The van der Waals surface area contributed by atoms with Crippen LogP contribution >= 0.6 is 0 Å². The summed E-state index contributed by atoms with van der Waals surface area (Å²) in [5.74, 6) is 0.976. The lowest BCUT2D eigenvalue weighted by molar-refractivity contribution is 0.539. The van der Waals surface area contributed by atoms with Gasteiger partial charge in [-0.2, -0.15) is 0 Å². The Morgan fingerprint density at radius 2 is 1.71 bits per heavy atom. The van der Waals surface area contributed by atoms with E-state index in [1.807, 2.05) is 0 Å². The fraction of sp³-hybridized carbons (Fsp3) is 0.400. The summed E-state index contributed by atoms with van der Waals surface area (Å²) in [7, 11) is 0. The molecule has 21 heavy (non-hydrogen) atoms. The molecular formula is C20H27N. The fourth-order valence-electron chi connectivity index (χ4n) is 3.38. The van der Waals surface area contributed by atoms with Crippen molar-refractivity contribution in [2.24, 2.45) is 5.73 Å². The summed E-state index contributed by atoms with van der Waals surface area (Å²) in [6.07, 6.45) is 2.13. The summed E-state index contributed by atoms with van der Waals surface area (Å²) < 4.78 is 0. The highest BCUT2D eigenvalue weighted by Crippen LogP contribution is 2.37. The van der Waals surface area contributed by atoms with Crippen LogP contribution in [0.4, 0.5) is 0 Å². The average Bonchev–Trinajstić information content (AvgIpc) is 2.53. The van der Waals surface area contributed by atoms with Gasteiger partial charge in [-0.3, -0.25) is 0 Å². The van der Waals surface area contributed by atoms with Crippen molar-refractivity contribution in [1.29, 1.82) is 0 Å². The molecule has 1 nitrogen and oxygen atoms in total. The number of benzene rings is 2. The summed E-state index contributed by atoms with van der Waals surface area (Å²) in [4.78, 5) is 0. The minimum absolute atomic E-state index is 0.488. The first-order valence-electron chi connectivity index (χ1n) is 8.02. The van der Waals surface area contributed by atoms with E-state index in [9.17, 15) is 0 Å². The van der Waals surface area contributed by atoms with Crippen LogP contribution in [0.15, 0.2) is 48.5 Å². The lowest BCUT2D eigenvalue weighted by Crippen LogP contribution is -2.15. The smallest absolute Gasteiger partial charge is 0.00712 e. The van der Waals surface area contributed by atoms with Gasteiger partial charge in [0.1, 0.15) is 0 Å². The Morgan fingerprint density at radius 3 is 2.33 bits per heavy atom. The zero-order valence-corrected chi connectivity index (χ0v) is 13.5. The third-order valence-corrected chi connectivity index (χ3v) is 4.67. The van der Waals surface area contributed by atoms with Crippen molar-refractivity contribution in [2.75, 3.05) is 6.54 Å². The second kappa shape index (κ2) is 7.42. The average molecular weight is 281 g/mol. The van der Waals surface area contributed by atoms with Crippen LogP contribution in [0.3, 0.4) is 0 Å². The summed E-state index contributed by atoms with van der Waals surface area (Å²) in [6.45, 7) is 7.56. The number of hydrogen-bond acceptors (Lipinski definition) is 1. The fourth-order valence-corrected chi connectivity index (χ4v) is 3.38. The monoisotopic (exact) mass is 281 g/mol. The SMILES string of the molecule is CCc1cccc(C(C)C(CCN)c2ccccc2)c1C. The molecule has 112 valence electrons. The molecule has 0 radical (unpaired) electrons. The third kappa shape index (κ3) is 3.54. The lowest BCUT2D eigenvalue weighted by Gasteiger charge is -2.26. The first-order valence-corrected chi connectivity index (χ1v) is 8.02. The number of hydrogen-bond donors (Lipinski definition) is 1. The zero-order chi connectivity index (χ0) is 15.2.